The number of H-pyrrole nitrogens is 1. The van der Waals surface area contributed by atoms with Gasteiger partial charge in [0.05, 0.1) is 0 Å². The van der Waals surface area contributed by atoms with Crippen LogP contribution in [0.15, 0.2) is 36.5 Å². The number of rotatable bonds is 5. The third-order valence-corrected chi connectivity index (χ3v) is 4.00. The number of nitrogens with one attached hydrogen (secondary N) is 1. The molecule has 0 bridgehead atoms. The Labute approximate surface area is 147 Å². The molecule has 5 nitrogen and oxygen atoms in total. The molecule has 1 aromatic carbocycles. The molecule has 0 aliphatic rings. The van der Waals surface area contributed by atoms with Crippen molar-refractivity contribution in [1.29, 1.82) is 0 Å². The van der Waals surface area contributed by atoms with E-state index < -0.39 is 12.1 Å². The van der Waals surface area contributed by atoms with Crippen LogP contribution in [0.2, 0.25) is 0 Å². The van der Waals surface area contributed by atoms with Crippen LogP contribution in [0, 0.1) is 0 Å². The van der Waals surface area contributed by atoms with Crippen LogP contribution in [0.25, 0.3) is 0 Å². The van der Waals surface area contributed by atoms with Gasteiger partial charge in [-0.2, -0.15) is 0 Å². The van der Waals surface area contributed by atoms with Crippen molar-refractivity contribution in [2.75, 3.05) is 0 Å². The molecule has 1 aromatic heterocycles. The zero-order valence-corrected chi connectivity index (χ0v) is 15.2. The number of carbonyl (C=O) groups is 3. The Morgan fingerprint density at radius 3 is 2.12 bits per heavy atom. The lowest BCUT2D eigenvalue weighted by Gasteiger charge is -2.19. The Morgan fingerprint density at radius 2 is 1.64 bits per heavy atom. The molecule has 1 N–H and O–H groups in total. The van der Waals surface area contributed by atoms with Gasteiger partial charge in [0.25, 0.3) is 0 Å². The van der Waals surface area contributed by atoms with E-state index in [9.17, 15) is 14.4 Å². The first kappa shape index (κ1) is 18.6. The molecule has 0 saturated carbocycles. The van der Waals surface area contributed by atoms with E-state index >= 15 is 0 Å². The summed E-state index contributed by atoms with van der Waals surface area (Å²) in [5.74, 6) is -1.09. The van der Waals surface area contributed by atoms with Gasteiger partial charge in [-0.3, -0.25) is 9.59 Å². The zero-order chi connectivity index (χ0) is 18.8. The fraction of sp³-hybridized carbons (Fsp3) is 0.350. The SMILES string of the molecule is CC(=O)c1c[nH]c(C(=O)O[C@@H](C)C(=O)c2ccc(C(C)(C)C)cc2)c1. The maximum Gasteiger partial charge on any atom is 0.355 e. The number of carbonyl (C=O) groups excluding carboxylic acids is 3. The van der Waals surface area contributed by atoms with Gasteiger partial charge in [0, 0.05) is 17.3 Å². The van der Waals surface area contributed by atoms with Crippen LogP contribution in [-0.4, -0.2) is 28.6 Å². The van der Waals surface area contributed by atoms with Crippen LogP contribution >= 0.6 is 0 Å². The molecule has 2 rings (SSSR count). The van der Waals surface area contributed by atoms with E-state index in [0.29, 0.717) is 11.1 Å². The minimum atomic E-state index is -0.919. The summed E-state index contributed by atoms with van der Waals surface area (Å²) in [6, 6.07) is 8.73. The van der Waals surface area contributed by atoms with Crippen molar-refractivity contribution in [1.82, 2.24) is 4.98 Å². The molecule has 0 saturated heterocycles. The second-order valence-corrected chi connectivity index (χ2v) is 7.10. The molecular weight excluding hydrogens is 318 g/mol. The summed E-state index contributed by atoms with van der Waals surface area (Å²) in [5.41, 5.74) is 2.15. The lowest BCUT2D eigenvalue weighted by Crippen LogP contribution is -2.24. The average molecular weight is 341 g/mol. The summed E-state index contributed by atoms with van der Waals surface area (Å²) in [6.45, 7) is 9.23. The Balaban J connectivity index is 2.06. The number of hydrogen-bond donors (Lipinski definition) is 1. The maximum atomic E-state index is 12.4. The summed E-state index contributed by atoms with van der Waals surface area (Å²) in [6.07, 6.45) is 0.522. The van der Waals surface area contributed by atoms with E-state index in [1.165, 1.54) is 26.1 Å². The summed E-state index contributed by atoms with van der Waals surface area (Å²) in [7, 11) is 0. The highest BCUT2D eigenvalue weighted by Gasteiger charge is 2.22. The molecule has 1 heterocycles. The third-order valence-electron chi connectivity index (χ3n) is 4.00. The molecule has 5 heteroatoms. The van der Waals surface area contributed by atoms with E-state index in [0.717, 1.165) is 5.56 Å². The number of aromatic amines is 1. The van der Waals surface area contributed by atoms with Crippen molar-refractivity contribution in [2.24, 2.45) is 0 Å². The molecule has 0 aliphatic heterocycles. The topological polar surface area (TPSA) is 76.2 Å². The summed E-state index contributed by atoms with van der Waals surface area (Å²) in [5, 5.41) is 0. The quantitative estimate of drug-likeness (QED) is 0.660. The predicted molar refractivity (Wildman–Crippen MR) is 95.1 cm³/mol. The summed E-state index contributed by atoms with van der Waals surface area (Å²) in [4.78, 5) is 38.5. The van der Waals surface area contributed by atoms with Crippen LogP contribution in [0.4, 0.5) is 0 Å². The van der Waals surface area contributed by atoms with Crippen LogP contribution in [-0.2, 0) is 10.2 Å². The van der Waals surface area contributed by atoms with Gasteiger partial charge in [-0.25, -0.2) is 4.79 Å². The lowest BCUT2D eigenvalue weighted by molar-refractivity contribution is 0.0314. The van der Waals surface area contributed by atoms with Crippen molar-refractivity contribution in [3.05, 3.63) is 58.9 Å². The fourth-order valence-corrected chi connectivity index (χ4v) is 2.36. The Hall–Kier alpha value is -2.69. The van der Waals surface area contributed by atoms with Gasteiger partial charge in [-0.1, -0.05) is 45.0 Å². The number of benzene rings is 1. The highest BCUT2D eigenvalue weighted by molar-refractivity contribution is 6.02. The molecule has 132 valence electrons. The predicted octanol–water partition coefficient (Wildman–Crippen LogP) is 3.94. The van der Waals surface area contributed by atoms with Crippen molar-refractivity contribution in [3.8, 4) is 0 Å². The van der Waals surface area contributed by atoms with Crippen LogP contribution in [0.1, 0.15) is 71.4 Å². The maximum absolute atomic E-state index is 12.4. The lowest BCUT2D eigenvalue weighted by atomic mass is 9.86. The van der Waals surface area contributed by atoms with Crippen LogP contribution < -0.4 is 0 Å². The molecule has 0 amide bonds. The Morgan fingerprint density at radius 1 is 1.04 bits per heavy atom. The van der Waals surface area contributed by atoms with Crippen LogP contribution in [0.3, 0.4) is 0 Å². The van der Waals surface area contributed by atoms with Crippen LogP contribution in [0.5, 0.6) is 0 Å². The molecule has 0 spiro atoms. The molecule has 25 heavy (non-hydrogen) atoms. The van der Waals surface area contributed by atoms with Gasteiger partial charge in [0.1, 0.15) is 5.69 Å². The van der Waals surface area contributed by atoms with Gasteiger partial charge in [-0.15, -0.1) is 0 Å². The molecule has 0 aliphatic carbocycles. The first-order valence-corrected chi connectivity index (χ1v) is 8.14. The average Bonchev–Trinajstić information content (AvgIpc) is 3.03. The van der Waals surface area contributed by atoms with Crippen molar-refractivity contribution in [2.45, 2.75) is 46.1 Å². The Kier molecular flexibility index (Phi) is 5.26. The van der Waals surface area contributed by atoms with Crippen molar-refractivity contribution >= 4 is 17.5 Å². The first-order valence-electron chi connectivity index (χ1n) is 8.14. The number of ether oxygens (including phenoxy) is 1. The second-order valence-electron chi connectivity index (χ2n) is 7.10. The smallest absolute Gasteiger partial charge is 0.355 e. The normalized spacial score (nSPS) is 12.5. The highest BCUT2D eigenvalue weighted by Crippen LogP contribution is 2.22. The van der Waals surface area contributed by atoms with Gasteiger partial charge < -0.3 is 9.72 Å². The number of Topliss-reactive ketones (excluding diaryl/α,β-unsaturated/α-hetero) is 2. The molecular formula is C20H23NO4. The van der Waals surface area contributed by atoms with E-state index in [4.69, 9.17) is 4.74 Å². The standard InChI is InChI=1S/C20H23NO4/c1-12(22)15-10-17(21-11-15)19(24)25-13(2)18(23)14-6-8-16(9-7-14)20(3,4)5/h6-11,13,21H,1-5H3/t13-/m0/s1. The van der Waals surface area contributed by atoms with E-state index in [2.05, 4.69) is 25.8 Å². The van der Waals surface area contributed by atoms with Gasteiger partial charge in [-0.05, 0) is 30.9 Å². The number of aromatic nitrogens is 1. The number of hydrogen-bond acceptors (Lipinski definition) is 4. The largest absolute Gasteiger partial charge is 0.450 e. The molecule has 0 unspecified atom stereocenters. The van der Waals surface area contributed by atoms with E-state index in [1.54, 1.807) is 12.1 Å². The summed E-state index contributed by atoms with van der Waals surface area (Å²) < 4.78 is 5.21. The monoisotopic (exact) mass is 341 g/mol. The highest BCUT2D eigenvalue weighted by atomic mass is 16.5. The number of esters is 1. The zero-order valence-electron chi connectivity index (χ0n) is 15.2. The Bertz CT molecular complexity index is 794. The summed E-state index contributed by atoms with van der Waals surface area (Å²) >= 11 is 0. The molecule has 0 radical (unpaired) electrons. The van der Waals surface area contributed by atoms with Gasteiger partial charge >= 0.3 is 5.97 Å². The first-order chi connectivity index (χ1) is 11.6. The van der Waals surface area contributed by atoms with E-state index in [-0.39, 0.29) is 22.7 Å². The molecule has 0 fully saturated rings. The van der Waals surface area contributed by atoms with Crippen molar-refractivity contribution < 1.29 is 19.1 Å². The minimum Gasteiger partial charge on any atom is -0.450 e. The minimum absolute atomic E-state index is 0.00168. The second kappa shape index (κ2) is 7.05. The van der Waals surface area contributed by atoms with Crippen molar-refractivity contribution in [3.63, 3.8) is 0 Å². The molecule has 2 aromatic rings. The molecule has 1 atom stereocenters. The van der Waals surface area contributed by atoms with E-state index in [1.807, 2.05) is 12.1 Å². The third kappa shape index (κ3) is 4.44. The van der Waals surface area contributed by atoms with Gasteiger partial charge in [0.2, 0.25) is 5.78 Å². The number of ketones is 2. The fourth-order valence-electron chi connectivity index (χ4n) is 2.36. The van der Waals surface area contributed by atoms with Gasteiger partial charge in [0.15, 0.2) is 11.9 Å².